The van der Waals surface area contributed by atoms with Crippen LogP contribution in [-0.2, 0) is 4.79 Å². The second kappa shape index (κ2) is 4.00. The normalized spacial score (nSPS) is 12.5. The van der Waals surface area contributed by atoms with Crippen LogP contribution in [0, 0.1) is 5.82 Å². The first-order chi connectivity index (χ1) is 6.09. The summed E-state index contributed by atoms with van der Waals surface area (Å²) in [6, 6.07) is 5.09. The summed E-state index contributed by atoms with van der Waals surface area (Å²) in [5.41, 5.74) is 0.406. The Morgan fingerprint density at radius 2 is 1.92 bits per heavy atom. The molecule has 0 spiro atoms. The number of carbonyl (C=O) groups is 1. The second-order valence-corrected chi connectivity index (χ2v) is 2.67. The van der Waals surface area contributed by atoms with Gasteiger partial charge in [-0.25, -0.2) is 4.39 Å². The molecule has 0 aliphatic heterocycles. The summed E-state index contributed by atoms with van der Waals surface area (Å²) < 4.78 is 12.4. The Bertz CT molecular complexity index is 294. The number of carboxylic acids is 1. The second-order valence-electron chi connectivity index (χ2n) is 2.67. The minimum atomic E-state index is -1.09. The van der Waals surface area contributed by atoms with E-state index in [-0.39, 0.29) is 6.42 Å². The van der Waals surface area contributed by atoms with Crippen molar-refractivity contribution in [3.63, 3.8) is 0 Å². The highest BCUT2D eigenvalue weighted by molar-refractivity contribution is 5.67. The number of aliphatic hydroxyl groups excluding tert-OH is 1. The molecule has 0 fully saturated rings. The predicted octanol–water partition coefficient (Wildman–Crippen LogP) is 1.33. The molecule has 0 aromatic heterocycles. The number of hydrogen-bond acceptors (Lipinski definition) is 2. The first kappa shape index (κ1) is 9.67. The minimum Gasteiger partial charge on any atom is -0.481 e. The van der Waals surface area contributed by atoms with Gasteiger partial charge in [-0.3, -0.25) is 4.79 Å². The van der Waals surface area contributed by atoms with Gasteiger partial charge in [0, 0.05) is 0 Å². The van der Waals surface area contributed by atoms with Gasteiger partial charge in [0.15, 0.2) is 0 Å². The van der Waals surface area contributed by atoms with Crippen LogP contribution in [0.5, 0.6) is 0 Å². The quantitative estimate of drug-likeness (QED) is 0.745. The van der Waals surface area contributed by atoms with E-state index in [0.717, 1.165) is 0 Å². The van der Waals surface area contributed by atoms with Gasteiger partial charge < -0.3 is 10.2 Å². The van der Waals surface area contributed by atoms with E-state index in [1.807, 2.05) is 0 Å². The fourth-order valence-electron chi connectivity index (χ4n) is 0.968. The van der Waals surface area contributed by atoms with E-state index in [4.69, 9.17) is 5.11 Å². The molecule has 1 rings (SSSR count). The maximum Gasteiger partial charge on any atom is 0.306 e. The molecule has 1 aromatic rings. The van der Waals surface area contributed by atoms with Crippen LogP contribution in [0.1, 0.15) is 18.1 Å². The number of aliphatic carboxylic acids is 1. The number of hydrogen-bond donors (Lipinski definition) is 2. The monoisotopic (exact) mass is 184 g/mol. The Hall–Kier alpha value is -1.42. The molecule has 0 bridgehead atoms. The van der Waals surface area contributed by atoms with E-state index in [1.54, 1.807) is 0 Å². The van der Waals surface area contributed by atoms with Crippen LogP contribution in [0.25, 0.3) is 0 Å². The van der Waals surface area contributed by atoms with Crippen molar-refractivity contribution in [2.45, 2.75) is 12.5 Å². The van der Waals surface area contributed by atoms with Crippen molar-refractivity contribution >= 4 is 5.97 Å². The van der Waals surface area contributed by atoms with Crippen LogP contribution in [0.3, 0.4) is 0 Å². The highest BCUT2D eigenvalue weighted by Crippen LogP contribution is 2.16. The Labute approximate surface area is 74.4 Å². The molecule has 3 nitrogen and oxygen atoms in total. The molecule has 2 N–H and O–H groups in total. The SMILES string of the molecule is O=C(O)CC(O)c1ccc(F)cc1. The average Bonchev–Trinajstić information content (AvgIpc) is 2.04. The van der Waals surface area contributed by atoms with E-state index in [1.165, 1.54) is 24.3 Å². The molecule has 13 heavy (non-hydrogen) atoms. The van der Waals surface area contributed by atoms with Gasteiger partial charge in [0.2, 0.25) is 0 Å². The van der Waals surface area contributed by atoms with Gasteiger partial charge in [-0.1, -0.05) is 12.1 Å². The summed E-state index contributed by atoms with van der Waals surface area (Å²) in [6.07, 6.45) is -1.44. The first-order valence-corrected chi connectivity index (χ1v) is 3.75. The zero-order valence-electron chi connectivity index (χ0n) is 6.77. The van der Waals surface area contributed by atoms with E-state index in [0.29, 0.717) is 5.56 Å². The number of rotatable bonds is 3. The van der Waals surface area contributed by atoms with Crippen LogP contribution >= 0.6 is 0 Å². The smallest absolute Gasteiger partial charge is 0.306 e. The molecule has 0 heterocycles. The maximum atomic E-state index is 12.4. The van der Waals surface area contributed by atoms with Crippen molar-refractivity contribution in [2.75, 3.05) is 0 Å². The van der Waals surface area contributed by atoms with Gasteiger partial charge in [-0.15, -0.1) is 0 Å². The Kier molecular flexibility index (Phi) is 2.97. The van der Waals surface area contributed by atoms with Gasteiger partial charge in [0.05, 0.1) is 12.5 Å². The minimum absolute atomic E-state index is 0.369. The number of carboxylic acid groups (broad SMARTS) is 1. The molecule has 0 saturated heterocycles. The van der Waals surface area contributed by atoms with Gasteiger partial charge in [0.25, 0.3) is 0 Å². The average molecular weight is 184 g/mol. The third-order valence-electron chi connectivity index (χ3n) is 1.62. The summed E-state index contributed by atoms with van der Waals surface area (Å²) in [7, 11) is 0. The molecule has 4 heteroatoms. The van der Waals surface area contributed by atoms with E-state index in [2.05, 4.69) is 0 Å². The summed E-state index contributed by atoms with van der Waals surface area (Å²) in [6.45, 7) is 0. The molecule has 0 saturated carbocycles. The molecule has 0 aliphatic rings. The number of aliphatic hydroxyl groups is 1. The molecule has 0 aliphatic carbocycles. The third kappa shape index (κ3) is 2.83. The molecule has 0 radical (unpaired) electrons. The highest BCUT2D eigenvalue weighted by Gasteiger charge is 2.11. The van der Waals surface area contributed by atoms with Crippen molar-refractivity contribution in [2.24, 2.45) is 0 Å². The van der Waals surface area contributed by atoms with Crippen molar-refractivity contribution in [3.8, 4) is 0 Å². The lowest BCUT2D eigenvalue weighted by Crippen LogP contribution is -2.05. The Morgan fingerprint density at radius 1 is 1.38 bits per heavy atom. The fraction of sp³-hybridized carbons (Fsp3) is 0.222. The zero-order valence-corrected chi connectivity index (χ0v) is 6.77. The Morgan fingerprint density at radius 3 is 2.38 bits per heavy atom. The van der Waals surface area contributed by atoms with E-state index < -0.39 is 17.9 Å². The highest BCUT2D eigenvalue weighted by atomic mass is 19.1. The summed E-state index contributed by atoms with van der Waals surface area (Å²) in [5, 5.41) is 17.6. The topological polar surface area (TPSA) is 57.5 Å². The predicted molar refractivity (Wildman–Crippen MR) is 43.6 cm³/mol. The molecule has 70 valence electrons. The lowest BCUT2D eigenvalue weighted by atomic mass is 10.1. The molecular formula is C9H9FO3. The standard InChI is InChI=1S/C9H9FO3/c10-7-3-1-6(2-4-7)8(11)5-9(12)13/h1-4,8,11H,5H2,(H,12,13). The van der Waals surface area contributed by atoms with Crippen LogP contribution in [0.2, 0.25) is 0 Å². The van der Waals surface area contributed by atoms with Crippen molar-refractivity contribution in [3.05, 3.63) is 35.6 Å². The van der Waals surface area contributed by atoms with Gasteiger partial charge in [0.1, 0.15) is 5.82 Å². The molecule has 1 atom stereocenters. The molecule has 1 unspecified atom stereocenters. The van der Waals surface area contributed by atoms with Crippen LogP contribution in [0.4, 0.5) is 4.39 Å². The van der Waals surface area contributed by atoms with E-state index >= 15 is 0 Å². The Balaban J connectivity index is 2.71. The maximum absolute atomic E-state index is 12.4. The van der Waals surface area contributed by atoms with Gasteiger partial charge in [-0.05, 0) is 17.7 Å². The van der Waals surface area contributed by atoms with Crippen molar-refractivity contribution in [1.29, 1.82) is 0 Å². The van der Waals surface area contributed by atoms with Crippen LogP contribution in [-0.4, -0.2) is 16.2 Å². The third-order valence-corrected chi connectivity index (χ3v) is 1.62. The summed E-state index contributed by atoms with van der Waals surface area (Å²) in [5.74, 6) is -1.50. The van der Waals surface area contributed by atoms with Gasteiger partial charge in [-0.2, -0.15) is 0 Å². The van der Waals surface area contributed by atoms with Crippen LogP contribution in [0.15, 0.2) is 24.3 Å². The lowest BCUT2D eigenvalue weighted by molar-refractivity contribution is -0.139. The molecule has 1 aromatic carbocycles. The molecular weight excluding hydrogens is 175 g/mol. The largest absolute Gasteiger partial charge is 0.481 e. The lowest BCUT2D eigenvalue weighted by Gasteiger charge is -2.07. The zero-order chi connectivity index (χ0) is 9.84. The van der Waals surface area contributed by atoms with Crippen molar-refractivity contribution < 1.29 is 19.4 Å². The number of benzene rings is 1. The molecule has 0 amide bonds. The summed E-state index contributed by atoms with van der Waals surface area (Å²) >= 11 is 0. The van der Waals surface area contributed by atoms with Crippen LogP contribution < -0.4 is 0 Å². The van der Waals surface area contributed by atoms with Gasteiger partial charge >= 0.3 is 5.97 Å². The van der Waals surface area contributed by atoms with E-state index in [9.17, 15) is 14.3 Å². The first-order valence-electron chi connectivity index (χ1n) is 3.75. The summed E-state index contributed by atoms with van der Waals surface area (Å²) in [4.78, 5) is 10.2. The van der Waals surface area contributed by atoms with Crippen molar-refractivity contribution in [1.82, 2.24) is 0 Å². The number of halogens is 1. The fourth-order valence-corrected chi connectivity index (χ4v) is 0.968.